The summed E-state index contributed by atoms with van der Waals surface area (Å²) in [6, 6.07) is 0. The van der Waals surface area contributed by atoms with Gasteiger partial charge in [-0.1, -0.05) is 60.0 Å². The fourth-order valence-electron chi connectivity index (χ4n) is 9.36. The van der Waals surface area contributed by atoms with Crippen LogP contribution in [0.25, 0.3) is 0 Å². The lowest BCUT2D eigenvalue weighted by atomic mass is 9.46. The highest BCUT2D eigenvalue weighted by molar-refractivity contribution is 5.68. The van der Waals surface area contributed by atoms with E-state index in [2.05, 4.69) is 40.7 Å². The van der Waals surface area contributed by atoms with Crippen molar-refractivity contribution in [3.05, 3.63) is 11.6 Å². The second kappa shape index (κ2) is 10.2. The van der Waals surface area contributed by atoms with Crippen LogP contribution in [0.5, 0.6) is 0 Å². The quantitative estimate of drug-likeness (QED) is 0.276. The van der Waals surface area contributed by atoms with Crippen molar-refractivity contribution in [1.82, 2.24) is 0 Å². The summed E-state index contributed by atoms with van der Waals surface area (Å²) < 4.78 is 11.5. The highest BCUT2D eigenvalue weighted by atomic mass is 16.6. The number of carbonyl (C=O) groups excluding carboxylic acids is 2. The minimum Gasteiger partial charge on any atom is -0.458 e. The van der Waals surface area contributed by atoms with E-state index in [1.807, 2.05) is 0 Å². The van der Waals surface area contributed by atoms with Crippen LogP contribution in [0.4, 0.5) is 0 Å². The Morgan fingerprint density at radius 2 is 1.66 bits per heavy atom. The zero-order valence-electron chi connectivity index (χ0n) is 23.4. The van der Waals surface area contributed by atoms with Crippen LogP contribution in [0.3, 0.4) is 0 Å². The van der Waals surface area contributed by atoms with Gasteiger partial charge in [0, 0.05) is 13.8 Å². The summed E-state index contributed by atoms with van der Waals surface area (Å²) in [4.78, 5) is 23.8. The predicted octanol–water partition coefficient (Wildman–Crippen LogP) is 7.50. The molecule has 0 saturated heterocycles. The van der Waals surface area contributed by atoms with Crippen molar-refractivity contribution < 1.29 is 19.1 Å². The van der Waals surface area contributed by atoms with Gasteiger partial charge in [-0.3, -0.25) is 9.59 Å². The minimum atomic E-state index is -0.429. The Morgan fingerprint density at radius 1 is 0.943 bits per heavy atom. The lowest BCUT2D eigenvalue weighted by molar-refractivity contribution is -0.170. The molecule has 198 valence electrons. The molecule has 0 N–H and O–H groups in total. The molecule has 0 aromatic heterocycles. The fraction of sp³-hybridized carbons (Fsp3) is 0.871. The Labute approximate surface area is 214 Å². The molecule has 0 radical (unpaired) electrons. The molecule has 0 amide bonds. The molecule has 3 saturated carbocycles. The zero-order chi connectivity index (χ0) is 25.5. The van der Waals surface area contributed by atoms with E-state index < -0.39 is 6.10 Å². The number of allylic oxidation sites excluding steroid dienone is 1. The summed E-state index contributed by atoms with van der Waals surface area (Å²) in [6.07, 6.45) is 13.9. The Kier molecular flexibility index (Phi) is 7.80. The highest BCUT2D eigenvalue weighted by Crippen LogP contribution is 2.67. The molecule has 4 nitrogen and oxygen atoms in total. The molecule has 4 aliphatic rings. The summed E-state index contributed by atoms with van der Waals surface area (Å²) in [5.74, 6) is 4.04. The largest absolute Gasteiger partial charge is 0.458 e. The SMILES string of the molecule is CC(=O)O[C@H]1CC[C@@]2(C)C(=CC[C@@H]3[C@H]4CC[C@@H]([C@@H](C)CCCC(C)C)[C@@]4(C)CC[C@H]32)[C@@H]1OC(C)=O. The maximum Gasteiger partial charge on any atom is 0.303 e. The lowest BCUT2D eigenvalue weighted by Crippen LogP contribution is -2.55. The molecule has 0 heterocycles. The van der Waals surface area contributed by atoms with Crippen molar-refractivity contribution in [2.75, 3.05) is 0 Å². The van der Waals surface area contributed by atoms with Crippen LogP contribution in [0.15, 0.2) is 11.6 Å². The molecule has 4 rings (SSSR count). The first-order valence-electron chi connectivity index (χ1n) is 14.5. The van der Waals surface area contributed by atoms with Crippen molar-refractivity contribution >= 4 is 11.9 Å². The monoisotopic (exact) mass is 486 g/mol. The lowest BCUT2D eigenvalue weighted by Gasteiger charge is -2.59. The van der Waals surface area contributed by atoms with E-state index in [9.17, 15) is 9.59 Å². The highest BCUT2D eigenvalue weighted by Gasteiger charge is 2.60. The average molecular weight is 487 g/mol. The molecule has 0 bridgehead atoms. The van der Waals surface area contributed by atoms with Crippen LogP contribution in [0.2, 0.25) is 0 Å². The fourth-order valence-corrected chi connectivity index (χ4v) is 9.36. The third kappa shape index (κ3) is 4.97. The molecule has 4 heteroatoms. The van der Waals surface area contributed by atoms with Crippen LogP contribution in [0.1, 0.15) is 113 Å². The second-order valence-corrected chi connectivity index (χ2v) is 13.4. The van der Waals surface area contributed by atoms with Crippen molar-refractivity contribution in [3.63, 3.8) is 0 Å². The first-order valence-corrected chi connectivity index (χ1v) is 14.5. The summed E-state index contributed by atoms with van der Waals surface area (Å²) in [6.45, 7) is 15.2. The molecule has 0 unspecified atom stereocenters. The number of fused-ring (bicyclic) bond motifs is 5. The number of ether oxygens (including phenoxy) is 2. The Morgan fingerprint density at radius 3 is 2.31 bits per heavy atom. The third-order valence-corrected chi connectivity index (χ3v) is 10.9. The predicted molar refractivity (Wildman–Crippen MR) is 140 cm³/mol. The van der Waals surface area contributed by atoms with Gasteiger partial charge >= 0.3 is 11.9 Å². The van der Waals surface area contributed by atoms with Crippen LogP contribution in [-0.4, -0.2) is 24.1 Å². The molecule has 0 aromatic rings. The van der Waals surface area contributed by atoms with Gasteiger partial charge in [-0.15, -0.1) is 0 Å². The smallest absolute Gasteiger partial charge is 0.303 e. The van der Waals surface area contributed by atoms with Gasteiger partial charge in [0.15, 0.2) is 6.10 Å². The summed E-state index contributed by atoms with van der Waals surface area (Å²) in [5, 5.41) is 0. The van der Waals surface area contributed by atoms with Crippen LogP contribution in [0, 0.1) is 46.3 Å². The summed E-state index contributed by atoms with van der Waals surface area (Å²) >= 11 is 0. The number of carbonyl (C=O) groups is 2. The number of rotatable bonds is 7. The molecule has 0 spiro atoms. The molecule has 35 heavy (non-hydrogen) atoms. The van der Waals surface area contributed by atoms with E-state index in [1.165, 1.54) is 64.4 Å². The minimum absolute atomic E-state index is 0.0297. The standard InChI is InChI=1S/C31H50O4/c1-19(2)9-8-10-20(3)24-13-14-25-23-11-12-27-29(35-22(5)33)28(34-21(4)32)16-18-31(27,7)26(23)15-17-30(24,25)6/h12,19-20,23-26,28-29H,8-11,13-18H2,1-7H3/t20-,23+,24-,25+,26+,28-,29-,30+,31+/m0/s1. The molecule has 0 aromatic carbocycles. The van der Waals surface area contributed by atoms with Gasteiger partial charge in [0.1, 0.15) is 6.10 Å². The molecule has 4 aliphatic carbocycles. The Hall–Kier alpha value is -1.32. The molecule has 9 atom stereocenters. The van der Waals surface area contributed by atoms with Crippen molar-refractivity contribution in [1.29, 1.82) is 0 Å². The maximum atomic E-state index is 12.0. The van der Waals surface area contributed by atoms with Crippen molar-refractivity contribution in [3.8, 4) is 0 Å². The molecule has 3 fully saturated rings. The van der Waals surface area contributed by atoms with E-state index >= 15 is 0 Å². The number of hydrogen-bond acceptors (Lipinski definition) is 4. The average Bonchev–Trinajstić information content (AvgIpc) is 3.12. The summed E-state index contributed by atoms with van der Waals surface area (Å²) in [5.41, 5.74) is 1.72. The Balaban J connectivity index is 1.55. The van der Waals surface area contributed by atoms with Gasteiger partial charge in [-0.25, -0.2) is 0 Å². The van der Waals surface area contributed by atoms with E-state index in [1.54, 1.807) is 0 Å². The van der Waals surface area contributed by atoms with Gasteiger partial charge in [-0.2, -0.15) is 0 Å². The van der Waals surface area contributed by atoms with E-state index in [0.717, 1.165) is 48.9 Å². The Bertz CT molecular complexity index is 830. The number of hydrogen-bond donors (Lipinski definition) is 0. The van der Waals surface area contributed by atoms with E-state index in [0.29, 0.717) is 11.3 Å². The van der Waals surface area contributed by atoms with Gasteiger partial charge in [0.2, 0.25) is 0 Å². The first kappa shape index (κ1) is 26.7. The second-order valence-electron chi connectivity index (χ2n) is 13.4. The van der Waals surface area contributed by atoms with Crippen molar-refractivity contribution in [2.24, 2.45) is 46.3 Å². The van der Waals surface area contributed by atoms with Crippen LogP contribution < -0.4 is 0 Å². The third-order valence-electron chi connectivity index (χ3n) is 10.9. The maximum absolute atomic E-state index is 12.0. The number of esters is 2. The topological polar surface area (TPSA) is 52.6 Å². The van der Waals surface area contributed by atoms with Gasteiger partial charge < -0.3 is 9.47 Å². The zero-order valence-corrected chi connectivity index (χ0v) is 23.4. The molecule has 0 aliphatic heterocycles. The van der Waals surface area contributed by atoms with Crippen LogP contribution >= 0.6 is 0 Å². The van der Waals surface area contributed by atoms with E-state index in [4.69, 9.17) is 9.47 Å². The van der Waals surface area contributed by atoms with Gasteiger partial charge in [0.25, 0.3) is 0 Å². The van der Waals surface area contributed by atoms with Gasteiger partial charge in [0.05, 0.1) is 0 Å². The first-order chi connectivity index (χ1) is 16.5. The van der Waals surface area contributed by atoms with Gasteiger partial charge in [-0.05, 0) is 96.9 Å². The molecular weight excluding hydrogens is 436 g/mol. The van der Waals surface area contributed by atoms with Crippen LogP contribution in [-0.2, 0) is 19.1 Å². The van der Waals surface area contributed by atoms with E-state index in [-0.39, 0.29) is 23.5 Å². The summed E-state index contributed by atoms with van der Waals surface area (Å²) in [7, 11) is 0. The van der Waals surface area contributed by atoms with Crippen molar-refractivity contribution in [2.45, 2.75) is 125 Å². The normalized spacial score (nSPS) is 41.3. The molecular formula is C31H50O4.